The fourth-order valence-electron chi connectivity index (χ4n) is 1.75. The first-order valence-corrected chi connectivity index (χ1v) is 8.33. The van der Waals surface area contributed by atoms with Gasteiger partial charge >= 0.3 is 0 Å². The topological polar surface area (TPSA) is 81.4 Å². The standard InChI is InChI=1S/C14H15BrN2O3S/c1-9-7-11(4-6-13(9)16)21(18,19)17-10-3-5-12(15)14(8-10)20-2/h3-8,17H,16H2,1-2H3. The van der Waals surface area contributed by atoms with Crippen molar-refractivity contribution in [1.82, 2.24) is 0 Å². The molecular weight excluding hydrogens is 356 g/mol. The van der Waals surface area contributed by atoms with Crippen LogP contribution in [-0.2, 0) is 10.0 Å². The second-order valence-electron chi connectivity index (χ2n) is 4.47. The monoisotopic (exact) mass is 370 g/mol. The summed E-state index contributed by atoms with van der Waals surface area (Å²) in [4.78, 5) is 0.163. The maximum atomic E-state index is 12.3. The third-order valence-corrected chi connectivity index (χ3v) is 4.99. The second kappa shape index (κ2) is 5.95. The molecule has 0 spiro atoms. The third kappa shape index (κ3) is 3.48. The van der Waals surface area contributed by atoms with E-state index in [1.54, 1.807) is 31.2 Å². The Morgan fingerprint density at radius 2 is 1.90 bits per heavy atom. The van der Waals surface area contributed by atoms with Crippen LogP contribution in [0.15, 0.2) is 45.8 Å². The Hall–Kier alpha value is -1.73. The van der Waals surface area contributed by atoms with Gasteiger partial charge in [0.2, 0.25) is 0 Å². The Kier molecular flexibility index (Phi) is 4.43. The molecule has 0 fully saturated rings. The van der Waals surface area contributed by atoms with Gasteiger partial charge in [-0.3, -0.25) is 4.72 Å². The smallest absolute Gasteiger partial charge is 0.261 e. The highest BCUT2D eigenvalue weighted by molar-refractivity contribution is 9.10. The van der Waals surface area contributed by atoms with Crippen LogP contribution in [0, 0.1) is 6.92 Å². The number of sulfonamides is 1. The number of nitrogen functional groups attached to an aromatic ring is 1. The molecule has 0 aliphatic heterocycles. The highest BCUT2D eigenvalue weighted by Gasteiger charge is 2.15. The molecule has 7 heteroatoms. The summed E-state index contributed by atoms with van der Waals surface area (Å²) in [6.07, 6.45) is 0. The number of anilines is 2. The summed E-state index contributed by atoms with van der Waals surface area (Å²) in [6.45, 7) is 1.76. The van der Waals surface area contributed by atoms with Crippen LogP contribution in [0.4, 0.5) is 11.4 Å². The molecule has 0 radical (unpaired) electrons. The minimum Gasteiger partial charge on any atom is -0.495 e. The lowest BCUT2D eigenvalue weighted by molar-refractivity contribution is 0.412. The van der Waals surface area contributed by atoms with E-state index < -0.39 is 10.0 Å². The third-order valence-electron chi connectivity index (χ3n) is 2.95. The lowest BCUT2D eigenvalue weighted by atomic mass is 10.2. The molecule has 0 unspecified atom stereocenters. The van der Waals surface area contributed by atoms with Gasteiger partial charge in [0.1, 0.15) is 5.75 Å². The molecule has 2 rings (SSSR count). The summed E-state index contributed by atoms with van der Waals surface area (Å²) in [7, 11) is -2.15. The first-order chi connectivity index (χ1) is 9.83. The summed E-state index contributed by atoms with van der Waals surface area (Å²) in [5, 5.41) is 0. The van der Waals surface area contributed by atoms with Gasteiger partial charge in [-0.1, -0.05) is 0 Å². The van der Waals surface area contributed by atoms with Gasteiger partial charge in [0.25, 0.3) is 10.0 Å². The molecule has 112 valence electrons. The minimum absolute atomic E-state index is 0.163. The van der Waals surface area contributed by atoms with Crippen molar-refractivity contribution in [2.75, 3.05) is 17.6 Å². The molecule has 0 saturated heterocycles. The Morgan fingerprint density at radius 3 is 2.52 bits per heavy atom. The van der Waals surface area contributed by atoms with Crippen LogP contribution in [-0.4, -0.2) is 15.5 Å². The molecule has 5 nitrogen and oxygen atoms in total. The number of halogens is 1. The Balaban J connectivity index is 2.35. The molecule has 21 heavy (non-hydrogen) atoms. The number of aryl methyl sites for hydroxylation is 1. The van der Waals surface area contributed by atoms with Crippen molar-refractivity contribution in [3.05, 3.63) is 46.4 Å². The molecule has 0 amide bonds. The normalized spacial score (nSPS) is 11.2. The number of ether oxygens (including phenoxy) is 1. The molecule has 2 aromatic rings. The van der Waals surface area contributed by atoms with Crippen LogP contribution in [0.25, 0.3) is 0 Å². The molecule has 0 aliphatic rings. The van der Waals surface area contributed by atoms with Gasteiger partial charge in [0, 0.05) is 11.8 Å². The number of nitrogens with two attached hydrogens (primary N) is 1. The summed E-state index contributed by atoms with van der Waals surface area (Å²) < 4.78 is 33.1. The zero-order valence-corrected chi connectivity index (χ0v) is 14.0. The fourth-order valence-corrected chi connectivity index (χ4v) is 3.30. The molecule has 0 bridgehead atoms. The molecule has 0 heterocycles. The number of methoxy groups -OCH3 is 1. The van der Waals surface area contributed by atoms with E-state index in [0.717, 1.165) is 4.47 Å². The van der Waals surface area contributed by atoms with Gasteiger partial charge in [-0.25, -0.2) is 8.42 Å². The maximum absolute atomic E-state index is 12.3. The van der Waals surface area contributed by atoms with E-state index in [0.29, 0.717) is 22.7 Å². The molecular formula is C14H15BrN2O3S. The minimum atomic E-state index is -3.67. The Labute approximate surface area is 132 Å². The number of benzene rings is 2. The van der Waals surface area contributed by atoms with E-state index in [1.165, 1.54) is 19.2 Å². The van der Waals surface area contributed by atoms with Gasteiger partial charge in [0.15, 0.2) is 0 Å². The van der Waals surface area contributed by atoms with E-state index in [2.05, 4.69) is 20.7 Å². The van der Waals surface area contributed by atoms with Crippen molar-refractivity contribution < 1.29 is 13.2 Å². The van der Waals surface area contributed by atoms with E-state index in [4.69, 9.17) is 10.5 Å². The SMILES string of the molecule is COc1cc(NS(=O)(=O)c2ccc(N)c(C)c2)ccc1Br. The first-order valence-electron chi connectivity index (χ1n) is 6.06. The van der Waals surface area contributed by atoms with E-state index in [9.17, 15) is 8.42 Å². The predicted octanol–water partition coefficient (Wildman–Crippen LogP) is 3.15. The number of nitrogens with one attached hydrogen (secondary N) is 1. The number of hydrogen-bond acceptors (Lipinski definition) is 4. The van der Waals surface area contributed by atoms with Crippen LogP contribution >= 0.6 is 15.9 Å². The van der Waals surface area contributed by atoms with Crippen LogP contribution in [0.5, 0.6) is 5.75 Å². The largest absolute Gasteiger partial charge is 0.495 e. The Bertz CT molecular complexity index is 776. The van der Waals surface area contributed by atoms with Crippen LogP contribution in [0.3, 0.4) is 0 Å². The van der Waals surface area contributed by atoms with Gasteiger partial charge in [-0.05, 0) is 58.7 Å². The van der Waals surface area contributed by atoms with E-state index >= 15 is 0 Å². The molecule has 2 aromatic carbocycles. The van der Waals surface area contributed by atoms with Crippen molar-refractivity contribution in [2.45, 2.75) is 11.8 Å². The van der Waals surface area contributed by atoms with Crippen molar-refractivity contribution >= 4 is 37.3 Å². The second-order valence-corrected chi connectivity index (χ2v) is 7.01. The first kappa shape index (κ1) is 15.7. The van der Waals surface area contributed by atoms with Gasteiger partial charge in [-0.15, -0.1) is 0 Å². The number of hydrogen-bond donors (Lipinski definition) is 2. The highest BCUT2D eigenvalue weighted by atomic mass is 79.9. The molecule has 0 aliphatic carbocycles. The van der Waals surface area contributed by atoms with Gasteiger partial charge in [-0.2, -0.15) is 0 Å². The lowest BCUT2D eigenvalue weighted by Crippen LogP contribution is -2.13. The number of rotatable bonds is 4. The van der Waals surface area contributed by atoms with Gasteiger partial charge in [0.05, 0.1) is 22.2 Å². The van der Waals surface area contributed by atoms with Crippen LogP contribution in [0.1, 0.15) is 5.56 Å². The lowest BCUT2D eigenvalue weighted by Gasteiger charge is -2.11. The maximum Gasteiger partial charge on any atom is 0.261 e. The highest BCUT2D eigenvalue weighted by Crippen LogP contribution is 2.29. The summed E-state index contributed by atoms with van der Waals surface area (Å²) >= 11 is 3.32. The Morgan fingerprint density at radius 1 is 1.19 bits per heavy atom. The zero-order valence-electron chi connectivity index (χ0n) is 11.6. The summed E-state index contributed by atoms with van der Waals surface area (Å²) in [5.74, 6) is 0.545. The molecule has 0 aromatic heterocycles. The summed E-state index contributed by atoms with van der Waals surface area (Å²) in [6, 6.07) is 9.55. The van der Waals surface area contributed by atoms with E-state index in [1.807, 2.05) is 0 Å². The van der Waals surface area contributed by atoms with Crippen LogP contribution < -0.4 is 15.2 Å². The summed E-state index contributed by atoms with van der Waals surface area (Å²) in [5.41, 5.74) is 7.39. The van der Waals surface area contributed by atoms with Crippen LogP contribution in [0.2, 0.25) is 0 Å². The van der Waals surface area contributed by atoms with Crippen molar-refractivity contribution in [1.29, 1.82) is 0 Å². The van der Waals surface area contributed by atoms with Crippen molar-refractivity contribution in [3.8, 4) is 5.75 Å². The average molecular weight is 371 g/mol. The molecule has 0 saturated carbocycles. The molecule has 0 atom stereocenters. The van der Waals surface area contributed by atoms with Crippen molar-refractivity contribution in [3.63, 3.8) is 0 Å². The molecule has 3 N–H and O–H groups in total. The average Bonchev–Trinajstić information content (AvgIpc) is 2.43. The van der Waals surface area contributed by atoms with E-state index in [-0.39, 0.29) is 4.90 Å². The zero-order chi connectivity index (χ0) is 15.6. The fraction of sp³-hybridized carbons (Fsp3) is 0.143. The van der Waals surface area contributed by atoms with Crippen molar-refractivity contribution in [2.24, 2.45) is 0 Å². The van der Waals surface area contributed by atoms with Gasteiger partial charge < -0.3 is 10.5 Å². The quantitative estimate of drug-likeness (QED) is 0.809. The predicted molar refractivity (Wildman–Crippen MR) is 87.1 cm³/mol.